The molecule has 2 rings (SSSR count). The van der Waals surface area contributed by atoms with E-state index >= 15 is 0 Å². The molecule has 0 bridgehead atoms. The van der Waals surface area contributed by atoms with Crippen molar-refractivity contribution in [2.24, 2.45) is 0 Å². The van der Waals surface area contributed by atoms with Crippen molar-refractivity contribution in [3.63, 3.8) is 0 Å². The van der Waals surface area contributed by atoms with Crippen LogP contribution in [0.25, 0.3) is 0 Å². The third-order valence-electron chi connectivity index (χ3n) is 4.77. The van der Waals surface area contributed by atoms with Crippen LogP contribution in [0.4, 0.5) is 0 Å². The highest BCUT2D eigenvalue weighted by molar-refractivity contribution is 7.80. The van der Waals surface area contributed by atoms with E-state index in [0.29, 0.717) is 23.6 Å². The average molecular weight is 375 g/mol. The van der Waals surface area contributed by atoms with Gasteiger partial charge in [-0.2, -0.15) is 0 Å². The fourth-order valence-electron chi connectivity index (χ4n) is 3.11. The van der Waals surface area contributed by atoms with Crippen molar-refractivity contribution < 1.29 is 19.4 Å². The first-order valence-corrected chi connectivity index (χ1v) is 9.08. The van der Waals surface area contributed by atoms with Crippen molar-refractivity contribution in [2.45, 2.75) is 44.4 Å². The summed E-state index contributed by atoms with van der Waals surface area (Å²) in [5.74, 6) is -2.18. The fourth-order valence-corrected chi connectivity index (χ4v) is 3.25. The third kappa shape index (κ3) is 3.96. The van der Waals surface area contributed by atoms with E-state index < -0.39 is 17.9 Å². The fraction of sp³-hybridized carbons (Fsp3) is 0.400. The van der Waals surface area contributed by atoms with Crippen LogP contribution < -0.4 is 0 Å². The summed E-state index contributed by atoms with van der Waals surface area (Å²) in [7, 11) is 1.76. The van der Waals surface area contributed by atoms with E-state index in [1.807, 2.05) is 13.8 Å². The summed E-state index contributed by atoms with van der Waals surface area (Å²) in [6.45, 7) is 5.91. The van der Waals surface area contributed by atoms with Gasteiger partial charge < -0.3 is 14.7 Å². The highest BCUT2D eigenvalue weighted by atomic mass is 32.1. The minimum atomic E-state index is -1.04. The number of carboxylic acid groups (broad SMARTS) is 1. The van der Waals surface area contributed by atoms with Crippen LogP contribution in [-0.2, 0) is 14.3 Å². The highest BCUT2D eigenvalue weighted by Gasteiger charge is 2.38. The molecule has 0 aromatic heterocycles. The zero-order valence-electron chi connectivity index (χ0n) is 15.6. The minimum absolute atomic E-state index is 0.187. The molecule has 6 heteroatoms. The Hall–Kier alpha value is -2.21. The maximum absolute atomic E-state index is 12.8. The maximum Gasteiger partial charge on any atom is 0.336 e. The van der Waals surface area contributed by atoms with E-state index in [4.69, 9.17) is 4.74 Å². The number of rotatable bonds is 6. The number of carbonyl (C=O) groups excluding carboxylic acids is 1. The standard InChI is InChI=1S/C20H25NO4S/c1-5-6-11-25-20(24)17-13(3)21(4)12(2)16(19(22)23)18(17)14-7-9-15(26)10-8-14/h7-10,18,26H,5-6,11H2,1-4H3,(H,22,23). The quantitative estimate of drug-likeness (QED) is 0.447. The minimum Gasteiger partial charge on any atom is -0.478 e. The van der Waals surface area contributed by atoms with Gasteiger partial charge in [0.25, 0.3) is 0 Å². The van der Waals surface area contributed by atoms with Crippen LogP contribution in [0.1, 0.15) is 45.1 Å². The number of carboxylic acids is 1. The Balaban J connectivity index is 2.57. The summed E-state index contributed by atoms with van der Waals surface area (Å²) in [5, 5.41) is 9.84. The predicted molar refractivity (Wildman–Crippen MR) is 103 cm³/mol. The predicted octanol–water partition coefficient (Wildman–Crippen LogP) is 3.98. The maximum atomic E-state index is 12.8. The van der Waals surface area contributed by atoms with E-state index in [1.54, 1.807) is 43.1 Å². The van der Waals surface area contributed by atoms with Crippen molar-refractivity contribution >= 4 is 24.6 Å². The SMILES string of the molecule is CCCCOC(=O)C1=C(C)N(C)C(C)=C(C(=O)O)C1c1ccc(S)cc1. The van der Waals surface area contributed by atoms with E-state index in [9.17, 15) is 14.7 Å². The molecule has 26 heavy (non-hydrogen) atoms. The number of benzene rings is 1. The van der Waals surface area contributed by atoms with E-state index in [2.05, 4.69) is 12.6 Å². The number of allylic oxidation sites excluding steroid dienone is 2. The molecule has 1 aromatic rings. The van der Waals surface area contributed by atoms with E-state index in [0.717, 1.165) is 23.3 Å². The zero-order chi connectivity index (χ0) is 19.4. The normalized spacial score (nSPS) is 17.6. The molecule has 0 fully saturated rings. The summed E-state index contributed by atoms with van der Waals surface area (Å²) < 4.78 is 5.43. The van der Waals surface area contributed by atoms with Crippen LogP contribution in [0.2, 0.25) is 0 Å². The summed E-state index contributed by atoms with van der Waals surface area (Å²) in [5.41, 5.74) is 2.61. The average Bonchev–Trinajstić information content (AvgIpc) is 2.60. The van der Waals surface area contributed by atoms with Crippen molar-refractivity contribution in [1.29, 1.82) is 0 Å². The number of ether oxygens (including phenoxy) is 1. The summed E-state index contributed by atoms with van der Waals surface area (Å²) in [6, 6.07) is 7.20. The Morgan fingerprint density at radius 1 is 1.15 bits per heavy atom. The molecule has 140 valence electrons. The smallest absolute Gasteiger partial charge is 0.336 e. The Morgan fingerprint density at radius 3 is 2.27 bits per heavy atom. The van der Waals surface area contributed by atoms with Gasteiger partial charge in [0, 0.05) is 23.3 Å². The van der Waals surface area contributed by atoms with Crippen molar-refractivity contribution in [2.75, 3.05) is 13.7 Å². The number of aliphatic carboxylic acids is 1. The first kappa shape index (κ1) is 20.1. The second-order valence-electron chi connectivity index (χ2n) is 6.38. The second-order valence-corrected chi connectivity index (χ2v) is 6.89. The monoisotopic (exact) mass is 375 g/mol. The Labute approximate surface area is 159 Å². The molecule has 0 radical (unpaired) electrons. The van der Waals surface area contributed by atoms with Gasteiger partial charge in [0.05, 0.1) is 23.7 Å². The molecule has 0 aliphatic carbocycles. The number of nitrogens with zero attached hydrogens (tertiary/aromatic N) is 1. The van der Waals surface area contributed by atoms with Crippen LogP contribution in [0, 0.1) is 0 Å². The molecule has 5 nitrogen and oxygen atoms in total. The number of hydrogen-bond donors (Lipinski definition) is 2. The molecular formula is C20H25NO4S. The molecule has 1 aliphatic rings. The molecule has 1 aromatic carbocycles. The molecular weight excluding hydrogens is 350 g/mol. The summed E-state index contributed by atoms with van der Waals surface area (Å²) in [6.07, 6.45) is 1.69. The number of carbonyl (C=O) groups is 2. The van der Waals surface area contributed by atoms with Crippen LogP contribution in [0.3, 0.4) is 0 Å². The number of unbranched alkanes of at least 4 members (excludes halogenated alkanes) is 1. The van der Waals surface area contributed by atoms with Crippen molar-refractivity contribution in [3.8, 4) is 0 Å². The van der Waals surface area contributed by atoms with Gasteiger partial charge >= 0.3 is 11.9 Å². The van der Waals surface area contributed by atoms with Crippen LogP contribution in [0.5, 0.6) is 0 Å². The molecule has 1 unspecified atom stereocenters. The van der Waals surface area contributed by atoms with Gasteiger partial charge in [-0.15, -0.1) is 12.6 Å². The second kappa shape index (κ2) is 8.45. The van der Waals surface area contributed by atoms with Crippen molar-refractivity contribution in [3.05, 3.63) is 52.4 Å². The first-order chi connectivity index (χ1) is 12.3. The number of hydrogen-bond acceptors (Lipinski definition) is 5. The molecule has 0 spiro atoms. The van der Waals surface area contributed by atoms with Crippen LogP contribution in [-0.4, -0.2) is 35.6 Å². The Bertz CT molecular complexity index is 765. The lowest BCUT2D eigenvalue weighted by atomic mass is 9.80. The molecule has 1 atom stereocenters. The topological polar surface area (TPSA) is 66.8 Å². The lowest BCUT2D eigenvalue weighted by Crippen LogP contribution is -2.33. The van der Waals surface area contributed by atoms with Crippen LogP contribution in [0.15, 0.2) is 51.7 Å². The third-order valence-corrected chi connectivity index (χ3v) is 5.07. The van der Waals surface area contributed by atoms with Crippen LogP contribution >= 0.6 is 12.6 Å². The molecule has 1 N–H and O–H groups in total. The van der Waals surface area contributed by atoms with Gasteiger partial charge in [0.15, 0.2) is 0 Å². The van der Waals surface area contributed by atoms with Gasteiger partial charge in [0.2, 0.25) is 0 Å². The van der Waals surface area contributed by atoms with Gasteiger partial charge in [0.1, 0.15) is 0 Å². The molecule has 1 aliphatic heterocycles. The van der Waals surface area contributed by atoms with Gasteiger partial charge in [-0.05, 0) is 38.0 Å². The molecule has 0 amide bonds. The Kier molecular flexibility index (Phi) is 6.53. The zero-order valence-corrected chi connectivity index (χ0v) is 16.5. The number of thiol groups is 1. The molecule has 0 saturated heterocycles. The molecule has 1 heterocycles. The lowest BCUT2D eigenvalue weighted by Gasteiger charge is -2.35. The largest absolute Gasteiger partial charge is 0.478 e. The van der Waals surface area contributed by atoms with Gasteiger partial charge in [-0.1, -0.05) is 25.5 Å². The first-order valence-electron chi connectivity index (χ1n) is 8.64. The number of esters is 1. The Morgan fingerprint density at radius 2 is 1.73 bits per heavy atom. The lowest BCUT2D eigenvalue weighted by molar-refractivity contribution is -0.139. The summed E-state index contributed by atoms with van der Waals surface area (Å²) in [4.78, 5) is 27.3. The highest BCUT2D eigenvalue weighted by Crippen LogP contribution is 2.42. The van der Waals surface area contributed by atoms with Crippen molar-refractivity contribution in [1.82, 2.24) is 4.90 Å². The summed E-state index contributed by atoms with van der Waals surface area (Å²) >= 11 is 4.29. The molecule has 0 saturated carbocycles. The van der Waals surface area contributed by atoms with E-state index in [1.165, 1.54) is 0 Å². The van der Waals surface area contributed by atoms with E-state index in [-0.39, 0.29) is 5.57 Å². The van der Waals surface area contributed by atoms with Gasteiger partial charge in [-0.25, -0.2) is 9.59 Å². The van der Waals surface area contributed by atoms with Gasteiger partial charge in [-0.3, -0.25) is 0 Å².